The van der Waals surface area contributed by atoms with E-state index in [4.69, 9.17) is 12.2 Å². The van der Waals surface area contributed by atoms with Gasteiger partial charge in [0.25, 0.3) is 5.56 Å². The second kappa shape index (κ2) is 5.15. The number of aromatic amines is 2. The number of nitrogens with zero attached hydrogens (tertiary/aromatic N) is 3. The van der Waals surface area contributed by atoms with E-state index in [1.807, 2.05) is 12.3 Å². The number of thiazole rings is 1. The zero-order valence-electron chi connectivity index (χ0n) is 12.0. The molecular formula is C14H15N5OS2. The van der Waals surface area contributed by atoms with Crippen molar-refractivity contribution in [2.24, 2.45) is 0 Å². The van der Waals surface area contributed by atoms with Crippen molar-refractivity contribution >= 4 is 28.5 Å². The number of rotatable bonds is 2. The van der Waals surface area contributed by atoms with Gasteiger partial charge in [0, 0.05) is 43.3 Å². The Morgan fingerprint density at radius 2 is 2.32 bits per heavy atom. The summed E-state index contributed by atoms with van der Waals surface area (Å²) in [4.78, 5) is 25.7. The molecule has 1 aliphatic rings. The molecule has 0 atom stereocenters. The number of nitrogens with one attached hydrogen (secondary N) is 2. The molecule has 0 amide bonds. The van der Waals surface area contributed by atoms with Crippen LogP contribution in [0.5, 0.6) is 0 Å². The molecule has 3 aromatic heterocycles. The van der Waals surface area contributed by atoms with E-state index in [1.54, 1.807) is 11.3 Å². The quantitative estimate of drug-likeness (QED) is 0.704. The zero-order valence-corrected chi connectivity index (χ0v) is 13.7. The summed E-state index contributed by atoms with van der Waals surface area (Å²) in [6.07, 6.45) is 2.87. The Kier molecular flexibility index (Phi) is 3.24. The van der Waals surface area contributed by atoms with E-state index < -0.39 is 0 Å². The molecule has 114 valence electrons. The van der Waals surface area contributed by atoms with Crippen LogP contribution in [0.1, 0.15) is 22.6 Å². The first-order chi connectivity index (χ1) is 10.6. The van der Waals surface area contributed by atoms with Gasteiger partial charge in [0.2, 0.25) is 0 Å². The molecule has 0 bridgehead atoms. The van der Waals surface area contributed by atoms with Crippen molar-refractivity contribution in [1.82, 2.24) is 24.3 Å². The third kappa shape index (κ3) is 2.23. The fraction of sp³-hybridized carbons (Fsp3) is 0.357. The summed E-state index contributed by atoms with van der Waals surface area (Å²) >= 11 is 6.67. The lowest BCUT2D eigenvalue weighted by Gasteiger charge is -2.27. The van der Waals surface area contributed by atoms with Gasteiger partial charge in [-0.15, -0.1) is 11.3 Å². The minimum Gasteiger partial charge on any atom is -0.335 e. The van der Waals surface area contributed by atoms with Crippen molar-refractivity contribution < 1.29 is 0 Å². The number of hydrogen-bond acceptors (Lipinski definition) is 5. The van der Waals surface area contributed by atoms with Crippen molar-refractivity contribution in [3.05, 3.63) is 49.3 Å². The van der Waals surface area contributed by atoms with Crippen LogP contribution < -0.4 is 5.56 Å². The van der Waals surface area contributed by atoms with Gasteiger partial charge in [-0.25, -0.2) is 4.98 Å². The van der Waals surface area contributed by atoms with Gasteiger partial charge in [0.1, 0.15) is 0 Å². The van der Waals surface area contributed by atoms with E-state index in [9.17, 15) is 4.79 Å². The molecule has 8 heteroatoms. The van der Waals surface area contributed by atoms with Crippen LogP contribution in [0.4, 0.5) is 0 Å². The van der Waals surface area contributed by atoms with Gasteiger partial charge in [-0.05, 0) is 19.1 Å². The molecule has 0 fully saturated rings. The summed E-state index contributed by atoms with van der Waals surface area (Å²) in [6.45, 7) is 4.36. The van der Waals surface area contributed by atoms with E-state index in [-0.39, 0.29) is 5.56 Å². The molecule has 1 aliphatic heterocycles. The Hall–Kier alpha value is -1.77. The number of fused-ring (bicyclic) bond motifs is 2. The lowest BCUT2D eigenvalue weighted by Crippen LogP contribution is -2.35. The number of H-pyrrole nitrogens is 2. The maximum atomic E-state index is 12.1. The van der Waals surface area contributed by atoms with E-state index in [1.165, 1.54) is 5.69 Å². The minimum atomic E-state index is -0.0749. The molecule has 0 aliphatic carbocycles. The predicted molar refractivity (Wildman–Crippen MR) is 87.9 cm³/mol. The Morgan fingerprint density at radius 1 is 1.45 bits per heavy atom. The topological polar surface area (TPSA) is 69.2 Å². The number of aryl methyl sites for hydroxylation is 1. The van der Waals surface area contributed by atoms with Crippen LogP contribution in [-0.4, -0.2) is 30.8 Å². The fourth-order valence-corrected chi connectivity index (χ4v) is 3.98. The predicted octanol–water partition coefficient (Wildman–Crippen LogP) is 2.01. The lowest BCUT2D eigenvalue weighted by atomic mass is 10.1. The summed E-state index contributed by atoms with van der Waals surface area (Å²) in [5.41, 5.74) is 3.94. The molecule has 6 nitrogen and oxygen atoms in total. The highest BCUT2D eigenvalue weighted by molar-refractivity contribution is 7.71. The van der Waals surface area contributed by atoms with Crippen LogP contribution >= 0.6 is 23.6 Å². The molecule has 0 saturated heterocycles. The summed E-state index contributed by atoms with van der Waals surface area (Å²) in [6, 6.07) is 0. The van der Waals surface area contributed by atoms with Crippen molar-refractivity contribution in [1.29, 1.82) is 0 Å². The fourth-order valence-electron chi connectivity index (χ4n) is 2.99. The van der Waals surface area contributed by atoms with Gasteiger partial charge in [-0.3, -0.25) is 19.1 Å². The smallest absolute Gasteiger partial charge is 0.256 e. The summed E-state index contributed by atoms with van der Waals surface area (Å²) in [5, 5.41) is 2.04. The van der Waals surface area contributed by atoms with Gasteiger partial charge >= 0.3 is 0 Å². The van der Waals surface area contributed by atoms with E-state index in [0.717, 1.165) is 41.4 Å². The second-order valence-electron chi connectivity index (χ2n) is 5.53. The summed E-state index contributed by atoms with van der Waals surface area (Å²) < 4.78 is 2.54. The van der Waals surface area contributed by atoms with Gasteiger partial charge in [0.15, 0.2) is 9.73 Å². The molecule has 22 heavy (non-hydrogen) atoms. The molecule has 0 spiro atoms. The van der Waals surface area contributed by atoms with E-state index in [0.29, 0.717) is 11.3 Å². The van der Waals surface area contributed by atoms with Gasteiger partial charge in [-0.1, -0.05) is 0 Å². The molecule has 0 unspecified atom stereocenters. The van der Waals surface area contributed by atoms with Crippen molar-refractivity contribution in [2.75, 3.05) is 6.54 Å². The highest BCUT2D eigenvalue weighted by atomic mass is 32.1. The molecular weight excluding hydrogens is 318 g/mol. The number of aromatic nitrogens is 4. The zero-order chi connectivity index (χ0) is 15.3. The van der Waals surface area contributed by atoms with Crippen LogP contribution in [-0.2, 0) is 19.5 Å². The first-order valence-electron chi connectivity index (χ1n) is 7.09. The number of hydrogen-bond donors (Lipinski definition) is 2. The lowest BCUT2D eigenvalue weighted by molar-refractivity contribution is 0.237. The van der Waals surface area contributed by atoms with Crippen LogP contribution in [0.2, 0.25) is 0 Å². The van der Waals surface area contributed by atoms with Gasteiger partial charge in [0.05, 0.1) is 17.0 Å². The molecule has 0 saturated carbocycles. The Morgan fingerprint density at radius 3 is 3.18 bits per heavy atom. The first-order valence-corrected chi connectivity index (χ1v) is 8.38. The SMILES string of the molecule is Cc1nc2sccn2c1CN1CCc2[nH]c(=S)[nH]c(=O)c2C1. The van der Waals surface area contributed by atoms with Crippen molar-refractivity contribution in [3.8, 4) is 0 Å². The van der Waals surface area contributed by atoms with Crippen LogP contribution in [0, 0.1) is 11.7 Å². The molecule has 3 aromatic rings. The Balaban J connectivity index is 1.65. The monoisotopic (exact) mass is 333 g/mol. The van der Waals surface area contributed by atoms with E-state index in [2.05, 4.69) is 30.4 Å². The van der Waals surface area contributed by atoms with E-state index >= 15 is 0 Å². The summed E-state index contributed by atoms with van der Waals surface area (Å²) in [5.74, 6) is 0. The number of imidazole rings is 1. The first kappa shape index (κ1) is 13.9. The second-order valence-corrected chi connectivity index (χ2v) is 6.81. The molecule has 0 aromatic carbocycles. The normalized spacial score (nSPS) is 15.3. The maximum Gasteiger partial charge on any atom is 0.256 e. The highest BCUT2D eigenvalue weighted by Gasteiger charge is 2.21. The molecule has 2 N–H and O–H groups in total. The molecule has 4 heterocycles. The molecule has 0 radical (unpaired) electrons. The Labute approximate surface area is 135 Å². The van der Waals surface area contributed by atoms with Crippen molar-refractivity contribution in [2.45, 2.75) is 26.4 Å². The van der Waals surface area contributed by atoms with Gasteiger partial charge in [-0.2, -0.15) is 0 Å². The Bertz CT molecular complexity index is 964. The van der Waals surface area contributed by atoms with Crippen LogP contribution in [0.15, 0.2) is 16.4 Å². The van der Waals surface area contributed by atoms with Crippen molar-refractivity contribution in [3.63, 3.8) is 0 Å². The third-order valence-electron chi connectivity index (χ3n) is 4.12. The molecule has 4 rings (SSSR count). The maximum absolute atomic E-state index is 12.1. The largest absolute Gasteiger partial charge is 0.335 e. The minimum absolute atomic E-state index is 0.0749. The summed E-state index contributed by atoms with van der Waals surface area (Å²) in [7, 11) is 0. The highest BCUT2D eigenvalue weighted by Crippen LogP contribution is 2.21. The average molecular weight is 333 g/mol. The third-order valence-corrected chi connectivity index (χ3v) is 5.08. The van der Waals surface area contributed by atoms with Gasteiger partial charge < -0.3 is 4.98 Å². The standard InChI is InChI=1S/C14H15N5OS2/c1-8-11(19-4-5-22-14(19)15-8)7-18-3-2-10-9(6-18)12(20)17-13(21)16-10/h4-5H,2-3,6-7H2,1H3,(H2,16,17,20,21). The van der Waals surface area contributed by atoms with Crippen LogP contribution in [0.3, 0.4) is 0 Å². The average Bonchev–Trinajstić information content (AvgIpc) is 3.02. The van der Waals surface area contributed by atoms with Crippen LogP contribution in [0.25, 0.3) is 4.96 Å².